The van der Waals surface area contributed by atoms with Gasteiger partial charge in [0.15, 0.2) is 5.11 Å². The van der Waals surface area contributed by atoms with Crippen molar-refractivity contribution in [3.63, 3.8) is 0 Å². The van der Waals surface area contributed by atoms with Gasteiger partial charge in [0.1, 0.15) is 11.5 Å². The quantitative estimate of drug-likeness (QED) is 0.505. The van der Waals surface area contributed by atoms with Crippen molar-refractivity contribution < 1.29 is 9.47 Å². The second-order valence-corrected chi connectivity index (χ2v) is 4.71. The molecule has 2 N–H and O–H groups in total. The summed E-state index contributed by atoms with van der Waals surface area (Å²) < 4.78 is 10.4. The SMILES string of the molecule is COc1cccc(NC(=S)N/N=C\c2ccccc2OC)c1. The standard InChI is InChI=1S/C16H17N3O2S/c1-20-14-8-5-7-13(10-14)18-16(22)19-17-11-12-6-3-4-9-15(12)21-2/h3-11H,1-2H3,(H2,18,19,22)/b17-11-. The van der Waals surface area contributed by atoms with Gasteiger partial charge in [0.25, 0.3) is 0 Å². The van der Waals surface area contributed by atoms with E-state index in [1.807, 2.05) is 48.5 Å². The normalized spacial score (nSPS) is 10.3. The molecule has 0 saturated carbocycles. The summed E-state index contributed by atoms with van der Waals surface area (Å²) in [6.07, 6.45) is 1.65. The lowest BCUT2D eigenvalue weighted by Gasteiger charge is -2.08. The largest absolute Gasteiger partial charge is 0.497 e. The molecule has 0 bridgehead atoms. The molecule has 2 rings (SSSR count). The average molecular weight is 315 g/mol. The van der Waals surface area contributed by atoms with E-state index in [1.54, 1.807) is 20.4 Å². The Labute approximate surface area is 134 Å². The number of benzene rings is 2. The number of hydrogen-bond acceptors (Lipinski definition) is 4. The van der Waals surface area contributed by atoms with E-state index < -0.39 is 0 Å². The minimum absolute atomic E-state index is 0.388. The van der Waals surface area contributed by atoms with E-state index in [0.29, 0.717) is 5.11 Å². The summed E-state index contributed by atoms with van der Waals surface area (Å²) in [5.74, 6) is 1.50. The molecule has 0 aliphatic heterocycles. The second kappa shape index (κ2) is 7.99. The van der Waals surface area contributed by atoms with Gasteiger partial charge < -0.3 is 14.8 Å². The molecule has 0 aliphatic rings. The Balaban J connectivity index is 1.93. The van der Waals surface area contributed by atoms with Gasteiger partial charge in [0.05, 0.1) is 20.4 Å². The lowest BCUT2D eigenvalue weighted by molar-refractivity contribution is 0.414. The molecular weight excluding hydrogens is 298 g/mol. The van der Waals surface area contributed by atoms with Crippen LogP contribution in [0.25, 0.3) is 0 Å². The molecule has 0 aliphatic carbocycles. The Bertz CT molecular complexity index is 674. The maximum absolute atomic E-state index is 5.24. The number of hydrazone groups is 1. The molecule has 0 heterocycles. The van der Waals surface area contributed by atoms with Crippen LogP contribution in [0.1, 0.15) is 5.56 Å². The first-order valence-electron chi connectivity index (χ1n) is 6.60. The molecule has 0 amide bonds. The van der Waals surface area contributed by atoms with Gasteiger partial charge in [-0.25, -0.2) is 0 Å². The number of hydrogen-bond donors (Lipinski definition) is 2. The highest BCUT2D eigenvalue weighted by molar-refractivity contribution is 7.80. The molecule has 5 nitrogen and oxygen atoms in total. The first-order valence-corrected chi connectivity index (χ1v) is 7.01. The Kier molecular flexibility index (Phi) is 5.73. The first kappa shape index (κ1) is 15.8. The van der Waals surface area contributed by atoms with Crippen molar-refractivity contribution in [2.75, 3.05) is 19.5 Å². The summed E-state index contributed by atoms with van der Waals surface area (Å²) in [7, 11) is 3.24. The van der Waals surface area contributed by atoms with E-state index in [0.717, 1.165) is 22.7 Å². The van der Waals surface area contributed by atoms with Crippen LogP contribution in [-0.2, 0) is 0 Å². The molecule has 0 radical (unpaired) electrons. The number of ether oxygens (including phenoxy) is 2. The van der Waals surface area contributed by atoms with Crippen LogP contribution in [-0.4, -0.2) is 25.5 Å². The zero-order chi connectivity index (χ0) is 15.8. The molecule has 2 aromatic carbocycles. The van der Waals surface area contributed by atoms with Crippen molar-refractivity contribution in [1.29, 1.82) is 0 Å². The summed E-state index contributed by atoms with van der Waals surface area (Å²) in [5.41, 5.74) is 4.45. The molecule has 2 aromatic rings. The van der Waals surface area contributed by atoms with Crippen LogP contribution in [0, 0.1) is 0 Å². The fraction of sp³-hybridized carbons (Fsp3) is 0.125. The van der Waals surface area contributed by atoms with Crippen molar-refractivity contribution >= 4 is 29.2 Å². The van der Waals surface area contributed by atoms with Gasteiger partial charge in [0.2, 0.25) is 0 Å². The lowest BCUT2D eigenvalue weighted by Crippen LogP contribution is -2.23. The predicted octanol–water partition coefficient (Wildman–Crippen LogP) is 3.02. The number of nitrogens with one attached hydrogen (secondary N) is 2. The molecule has 0 spiro atoms. The number of nitrogens with zero attached hydrogens (tertiary/aromatic N) is 1. The van der Waals surface area contributed by atoms with E-state index in [9.17, 15) is 0 Å². The van der Waals surface area contributed by atoms with Crippen molar-refractivity contribution in [3.05, 3.63) is 54.1 Å². The lowest BCUT2D eigenvalue weighted by atomic mass is 10.2. The average Bonchev–Trinajstić information content (AvgIpc) is 2.55. The molecule has 114 valence electrons. The monoisotopic (exact) mass is 315 g/mol. The van der Waals surface area contributed by atoms with Crippen LogP contribution in [0.4, 0.5) is 5.69 Å². The van der Waals surface area contributed by atoms with Crippen LogP contribution >= 0.6 is 12.2 Å². The smallest absolute Gasteiger partial charge is 0.191 e. The fourth-order valence-corrected chi connectivity index (χ4v) is 1.96. The van der Waals surface area contributed by atoms with Crippen LogP contribution < -0.4 is 20.2 Å². The summed E-state index contributed by atoms with van der Waals surface area (Å²) in [6, 6.07) is 15.1. The van der Waals surface area contributed by atoms with Gasteiger partial charge in [-0.3, -0.25) is 5.43 Å². The van der Waals surface area contributed by atoms with Gasteiger partial charge in [0, 0.05) is 17.3 Å². The summed E-state index contributed by atoms with van der Waals surface area (Å²) in [6.45, 7) is 0. The highest BCUT2D eigenvalue weighted by Crippen LogP contribution is 2.16. The number of thiocarbonyl (C=S) groups is 1. The molecule has 0 aromatic heterocycles. The number of rotatable bonds is 5. The summed E-state index contributed by atoms with van der Waals surface area (Å²) in [5, 5.41) is 7.51. The van der Waals surface area contributed by atoms with Crippen LogP contribution in [0.3, 0.4) is 0 Å². The van der Waals surface area contributed by atoms with Gasteiger partial charge in [-0.15, -0.1) is 0 Å². The third-order valence-corrected chi connectivity index (χ3v) is 3.03. The minimum atomic E-state index is 0.388. The van der Waals surface area contributed by atoms with Gasteiger partial charge in [-0.2, -0.15) is 5.10 Å². The number of methoxy groups -OCH3 is 2. The van der Waals surface area contributed by atoms with Gasteiger partial charge >= 0.3 is 0 Å². The molecule has 0 saturated heterocycles. The number of para-hydroxylation sites is 1. The first-order chi connectivity index (χ1) is 10.7. The van der Waals surface area contributed by atoms with Crippen molar-refractivity contribution in [2.24, 2.45) is 5.10 Å². The van der Waals surface area contributed by atoms with Gasteiger partial charge in [-0.05, 0) is 36.5 Å². The summed E-state index contributed by atoms with van der Waals surface area (Å²) >= 11 is 5.18. The maximum Gasteiger partial charge on any atom is 0.191 e. The predicted molar refractivity (Wildman–Crippen MR) is 92.9 cm³/mol. The zero-order valence-electron chi connectivity index (χ0n) is 12.4. The van der Waals surface area contributed by atoms with Gasteiger partial charge in [-0.1, -0.05) is 18.2 Å². The molecule has 0 atom stereocenters. The van der Waals surface area contributed by atoms with E-state index in [4.69, 9.17) is 21.7 Å². The second-order valence-electron chi connectivity index (χ2n) is 4.30. The van der Waals surface area contributed by atoms with Crippen LogP contribution in [0.5, 0.6) is 11.5 Å². The van der Waals surface area contributed by atoms with Crippen molar-refractivity contribution in [1.82, 2.24) is 5.43 Å². The Morgan fingerprint density at radius 3 is 2.68 bits per heavy atom. The Morgan fingerprint density at radius 1 is 1.09 bits per heavy atom. The minimum Gasteiger partial charge on any atom is -0.497 e. The summed E-state index contributed by atoms with van der Waals surface area (Å²) in [4.78, 5) is 0. The van der Waals surface area contributed by atoms with E-state index in [2.05, 4.69) is 15.8 Å². The van der Waals surface area contributed by atoms with Crippen LogP contribution in [0.15, 0.2) is 53.6 Å². The Morgan fingerprint density at radius 2 is 1.91 bits per heavy atom. The maximum atomic E-state index is 5.24. The molecule has 6 heteroatoms. The number of anilines is 1. The van der Waals surface area contributed by atoms with E-state index in [-0.39, 0.29) is 0 Å². The van der Waals surface area contributed by atoms with Crippen molar-refractivity contribution in [3.8, 4) is 11.5 Å². The van der Waals surface area contributed by atoms with E-state index >= 15 is 0 Å². The molecule has 22 heavy (non-hydrogen) atoms. The third kappa shape index (κ3) is 4.46. The van der Waals surface area contributed by atoms with Crippen LogP contribution in [0.2, 0.25) is 0 Å². The molecule has 0 fully saturated rings. The van der Waals surface area contributed by atoms with Crippen molar-refractivity contribution in [2.45, 2.75) is 0 Å². The topological polar surface area (TPSA) is 54.9 Å². The van der Waals surface area contributed by atoms with E-state index in [1.165, 1.54) is 0 Å². The molecular formula is C16H17N3O2S. The highest BCUT2D eigenvalue weighted by Gasteiger charge is 1.99. The fourth-order valence-electron chi connectivity index (χ4n) is 1.79. The zero-order valence-corrected chi connectivity index (χ0v) is 13.2. The highest BCUT2D eigenvalue weighted by atomic mass is 32.1. The Hall–Kier alpha value is -2.60. The molecule has 0 unspecified atom stereocenters. The third-order valence-electron chi connectivity index (χ3n) is 2.84.